The first-order valence-corrected chi connectivity index (χ1v) is 12.2. The van der Waals surface area contributed by atoms with Crippen LogP contribution in [-0.4, -0.2) is 37.8 Å². The van der Waals surface area contributed by atoms with Crippen LogP contribution in [-0.2, 0) is 21.3 Å². The minimum Gasteiger partial charge on any atom is -0.465 e. The molecule has 0 bridgehead atoms. The smallest absolute Gasteiger partial charge is 0.340 e. The number of nitrogens with zero attached hydrogens (tertiary/aromatic N) is 1. The molecule has 7 nitrogen and oxygen atoms in total. The summed E-state index contributed by atoms with van der Waals surface area (Å²) in [5, 5.41) is 4.71. The molecular weight excluding hydrogens is 448 g/mol. The Morgan fingerprint density at radius 2 is 1.69 bits per heavy atom. The number of esters is 1. The van der Waals surface area contributed by atoms with Crippen molar-refractivity contribution in [2.24, 2.45) is 0 Å². The first-order chi connectivity index (χ1) is 15.2. The molecule has 3 aromatic rings. The summed E-state index contributed by atoms with van der Waals surface area (Å²) >= 11 is 1.20. The number of rotatable bonds is 8. The number of methoxy groups -OCH3 is 1. The van der Waals surface area contributed by atoms with Crippen molar-refractivity contribution in [3.8, 4) is 0 Å². The van der Waals surface area contributed by atoms with E-state index in [2.05, 4.69) is 5.32 Å². The van der Waals surface area contributed by atoms with Crippen LogP contribution >= 0.6 is 11.3 Å². The lowest BCUT2D eigenvalue weighted by Crippen LogP contribution is -2.36. The molecule has 0 aliphatic rings. The van der Waals surface area contributed by atoms with Crippen molar-refractivity contribution in [1.82, 2.24) is 4.31 Å². The number of amides is 1. The number of benzene rings is 2. The van der Waals surface area contributed by atoms with Crippen molar-refractivity contribution in [1.29, 1.82) is 0 Å². The number of ether oxygens (including phenoxy) is 1. The van der Waals surface area contributed by atoms with Gasteiger partial charge in [-0.3, -0.25) is 4.79 Å². The van der Waals surface area contributed by atoms with E-state index in [-0.39, 0.29) is 28.6 Å². The molecule has 0 radical (unpaired) electrons. The van der Waals surface area contributed by atoms with Gasteiger partial charge in [0.25, 0.3) is 5.91 Å². The zero-order valence-corrected chi connectivity index (χ0v) is 19.6. The van der Waals surface area contributed by atoms with Crippen LogP contribution in [0.1, 0.15) is 40.1 Å². The quantitative estimate of drug-likeness (QED) is 0.491. The summed E-state index contributed by atoms with van der Waals surface area (Å²) in [6.45, 7) is 3.89. The van der Waals surface area contributed by atoms with Gasteiger partial charge in [-0.1, -0.05) is 30.3 Å². The SMILES string of the molecule is COC(=O)c1ccsc1NC(=O)c1ccc(S(=O)(=O)N(Cc2ccccc2)C(C)C)cc1. The third kappa shape index (κ3) is 5.24. The Kier molecular flexibility index (Phi) is 7.44. The maximum atomic E-state index is 13.2. The van der Waals surface area contributed by atoms with Crippen molar-refractivity contribution in [2.45, 2.75) is 31.3 Å². The summed E-state index contributed by atoms with van der Waals surface area (Å²) < 4.78 is 32.6. The highest BCUT2D eigenvalue weighted by atomic mass is 32.2. The molecule has 0 aliphatic heterocycles. The summed E-state index contributed by atoms with van der Waals surface area (Å²) in [6, 6.07) is 16.4. The Bertz CT molecular complexity index is 1190. The lowest BCUT2D eigenvalue weighted by atomic mass is 10.2. The van der Waals surface area contributed by atoms with E-state index in [9.17, 15) is 18.0 Å². The minimum absolute atomic E-state index is 0.102. The van der Waals surface area contributed by atoms with Crippen LogP contribution in [0.25, 0.3) is 0 Å². The van der Waals surface area contributed by atoms with Crippen LogP contribution in [0, 0.1) is 0 Å². The van der Waals surface area contributed by atoms with E-state index in [1.54, 1.807) is 11.4 Å². The number of carbonyl (C=O) groups is 2. The maximum absolute atomic E-state index is 13.2. The lowest BCUT2D eigenvalue weighted by Gasteiger charge is -2.26. The molecule has 0 saturated heterocycles. The Hall–Kier alpha value is -3.01. The fraction of sp³-hybridized carbons (Fsp3) is 0.217. The zero-order chi connectivity index (χ0) is 23.3. The number of carbonyl (C=O) groups excluding carboxylic acids is 2. The van der Waals surface area contributed by atoms with Crippen LogP contribution in [0.2, 0.25) is 0 Å². The van der Waals surface area contributed by atoms with Gasteiger partial charge in [-0.15, -0.1) is 11.3 Å². The maximum Gasteiger partial charge on any atom is 0.340 e. The van der Waals surface area contributed by atoms with Gasteiger partial charge in [-0.25, -0.2) is 13.2 Å². The molecule has 3 rings (SSSR count). The monoisotopic (exact) mass is 472 g/mol. The average molecular weight is 473 g/mol. The van der Waals surface area contributed by atoms with Gasteiger partial charge in [0.05, 0.1) is 17.6 Å². The van der Waals surface area contributed by atoms with Gasteiger partial charge < -0.3 is 10.1 Å². The fourth-order valence-corrected chi connectivity index (χ4v) is 5.47. The van der Waals surface area contributed by atoms with Crippen LogP contribution in [0.15, 0.2) is 70.9 Å². The molecule has 0 fully saturated rings. The van der Waals surface area contributed by atoms with Crippen molar-refractivity contribution in [3.63, 3.8) is 0 Å². The first kappa shape index (κ1) is 23.6. The minimum atomic E-state index is -3.77. The Labute approximate surface area is 191 Å². The summed E-state index contributed by atoms with van der Waals surface area (Å²) in [5.41, 5.74) is 1.42. The lowest BCUT2D eigenvalue weighted by molar-refractivity contribution is 0.0602. The van der Waals surface area contributed by atoms with E-state index in [1.807, 2.05) is 44.2 Å². The molecule has 1 aromatic heterocycles. The fourth-order valence-electron chi connectivity index (χ4n) is 3.07. The van der Waals surface area contributed by atoms with E-state index in [0.29, 0.717) is 5.00 Å². The second-order valence-corrected chi connectivity index (χ2v) is 10.1. The Morgan fingerprint density at radius 1 is 1.03 bits per heavy atom. The number of hydrogen-bond donors (Lipinski definition) is 1. The van der Waals surface area contributed by atoms with Crippen LogP contribution in [0.5, 0.6) is 0 Å². The van der Waals surface area contributed by atoms with Crippen molar-refractivity contribution >= 4 is 38.2 Å². The number of hydrogen-bond acceptors (Lipinski definition) is 6. The predicted octanol–water partition coefficient (Wildman–Crippen LogP) is 4.39. The number of nitrogens with one attached hydrogen (secondary N) is 1. The zero-order valence-electron chi connectivity index (χ0n) is 17.9. The van der Waals surface area contributed by atoms with Crippen molar-refractivity contribution in [3.05, 3.63) is 82.7 Å². The summed E-state index contributed by atoms with van der Waals surface area (Å²) in [4.78, 5) is 24.5. The van der Waals surface area contributed by atoms with Gasteiger partial charge in [-0.05, 0) is 55.1 Å². The molecule has 0 atom stereocenters. The molecular formula is C23H24N2O5S2. The normalized spacial score (nSPS) is 11.5. The Balaban J connectivity index is 1.79. The highest BCUT2D eigenvalue weighted by molar-refractivity contribution is 7.89. The number of thiophene rings is 1. The highest BCUT2D eigenvalue weighted by Gasteiger charge is 2.27. The molecule has 0 unspecified atom stereocenters. The van der Waals surface area contributed by atoms with Gasteiger partial charge >= 0.3 is 5.97 Å². The molecule has 0 spiro atoms. The van der Waals surface area contributed by atoms with E-state index >= 15 is 0 Å². The number of anilines is 1. The third-order valence-electron chi connectivity index (χ3n) is 4.78. The summed E-state index contributed by atoms with van der Waals surface area (Å²) in [7, 11) is -2.50. The van der Waals surface area contributed by atoms with E-state index < -0.39 is 21.9 Å². The largest absolute Gasteiger partial charge is 0.465 e. The topological polar surface area (TPSA) is 92.8 Å². The third-order valence-corrected chi connectivity index (χ3v) is 7.64. The van der Waals surface area contributed by atoms with E-state index in [4.69, 9.17) is 4.74 Å². The van der Waals surface area contributed by atoms with Crippen LogP contribution in [0.4, 0.5) is 5.00 Å². The van der Waals surface area contributed by atoms with Crippen LogP contribution in [0.3, 0.4) is 0 Å². The first-order valence-electron chi connectivity index (χ1n) is 9.87. The van der Waals surface area contributed by atoms with Gasteiger partial charge in [0.15, 0.2) is 0 Å². The van der Waals surface area contributed by atoms with E-state index in [0.717, 1.165) is 5.56 Å². The summed E-state index contributed by atoms with van der Waals surface area (Å²) in [5.74, 6) is -0.998. The van der Waals surface area contributed by atoms with Gasteiger partial charge in [0.1, 0.15) is 5.00 Å². The molecule has 32 heavy (non-hydrogen) atoms. The predicted molar refractivity (Wildman–Crippen MR) is 124 cm³/mol. The molecule has 1 N–H and O–H groups in total. The highest BCUT2D eigenvalue weighted by Crippen LogP contribution is 2.25. The molecule has 1 heterocycles. The number of sulfonamides is 1. The molecule has 0 aliphatic carbocycles. The molecule has 1 amide bonds. The Morgan fingerprint density at radius 3 is 2.28 bits per heavy atom. The molecule has 168 valence electrons. The molecule has 0 saturated carbocycles. The molecule has 9 heteroatoms. The standard InChI is InChI=1S/C23H24N2O5S2/c1-16(2)25(15-17-7-5-4-6-8-17)32(28,29)19-11-9-18(10-12-19)21(26)24-22-20(13-14-31-22)23(27)30-3/h4-14,16H,15H2,1-3H3,(H,24,26). The van der Waals surface area contributed by atoms with Crippen LogP contribution < -0.4 is 5.32 Å². The molecule has 2 aromatic carbocycles. The average Bonchev–Trinajstić information content (AvgIpc) is 3.25. The second kappa shape index (κ2) is 10.1. The summed E-state index contributed by atoms with van der Waals surface area (Å²) in [6.07, 6.45) is 0. The second-order valence-electron chi connectivity index (χ2n) is 7.26. The van der Waals surface area contributed by atoms with E-state index in [1.165, 1.54) is 47.0 Å². The van der Waals surface area contributed by atoms with Gasteiger partial charge in [0.2, 0.25) is 10.0 Å². The van der Waals surface area contributed by atoms with Gasteiger partial charge in [-0.2, -0.15) is 4.31 Å². The van der Waals surface area contributed by atoms with Crippen molar-refractivity contribution in [2.75, 3.05) is 12.4 Å². The van der Waals surface area contributed by atoms with Crippen molar-refractivity contribution < 1.29 is 22.7 Å². The van der Waals surface area contributed by atoms with Gasteiger partial charge in [0, 0.05) is 18.2 Å².